The number of amides is 1. The van der Waals surface area contributed by atoms with Crippen LogP contribution in [0.25, 0.3) is 0 Å². The maximum atomic E-state index is 12.9. The molecule has 0 saturated heterocycles. The van der Waals surface area contributed by atoms with E-state index in [-0.39, 0.29) is 18.2 Å². The van der Waals surface area contributed by atoms with Crippen LogP contribution in [0.4, 0.5) is 22.0 Å². The van der Waals surface area contributed by atoms with Gasteiger partial charge in [-0.25, -0.2) is 0 Å². The van der Waals surface area contributed by atoms with Crippen LogP contribution in [0.15, 0.2) is 0 Å². The molecule has 1 aliphatic rings. The first-order chi connectivity index (χ1) is 8.57. The van der Waals surface area contributed by atoms with E-state index in [2.05, 4.69) is 15.9 Å². The minimum absolute atomic E-state index is 0.0666. The van der Waals surface area contributed by atoms with Crippen LogP contribution in [0, 0.1) is 0 Å². The summed E-state index contributed by atoms with van der Waals surface area (Å²) < 4.78 is 61.9. The summed E-state index contributed by atoms with van der Waals surface area (Å²) >= 11 is 2.83. The van der Waals surface area contributed by atoms with Crippen LogP contribution in [0.2, 0.25) is 0 Å². The first-order valence-electron chi connectivity index (χ1n) is 5.43. The van der Waals surface area contributed by atoms with Crippen molar-refractivity contribution in [1.82, 2.24) is 5.32 Å². The summed E-state index contributed by atoms with van der Waals surface area (Å²) in [5.41, 5.74) is -1.62. The maximum absolute atomic E-state index is 12.9. The Morgan fingerprint density at radius 3 is 1.95 bits per heavy atom. The van der Waals surface area contributed by atoms with E-state index in [9.17, 15) is 31.5 Å². The summed E-state index contributed by atoms with van der Waals surface area (Å²) in [5, 5.41) is 1.38. The molecule has 0 heterocycles. The highest BCUT2D eigenvalue weighted by molar-refractivity contribution is 9.09. The van der Waals surface area contributed by atoms with Gasteiger partial charge in [-0.3, -0.25) is 9.59 Å². The number of nitrogens with one attached hydrogen (secondary N) is 1. The zero-order valence-corrected chi connectivity index (χ0v) is 11.2. The third kappa shape index (κ3) is 3.06. The standard InChI is InChI=1S/C10H11BrF5NO2/c11-5-6(18)8(3-1-2-4-8)17-7(19)9(12,13)10(14,15)16/h1-5H2,(H,17,19). The van der Waals surface area contributed by atoms with Gasteiger partial charge in [0.05, 0.1) is 10.9 Å². The summed E-state index contributed by atoms with van der Waals surface area (Å²) in [6, 6.07) is 0. The predicted molar refractivity (Wildman–Crippen MR) is 59.1 cm³/mol. The fourth-order valence-corrected chi connectivity index (χ4v) is 2.54. The average Bonchev–Trinajstić information content (AvgIpc) is 2.76. The van der Waals surface area contributed by atoms with Gasteiger partial charge in [0.15, 0.2) is 5.78 Å². The number of carbonyl (C=O) groups is 2. The van der Waals surface area contributed by atoms with E-state index in [4.69, 9.17) is 0 Å². The molecule has 0 atom stereocenters. The molecule has 1 amide bonds. The molecule has 0 radical (unpaired) electrons. The van der Waals surface area contributed by atoms with Crippen molar-refractivity contribution in [3.8, 4) is 0 Å². The molecule has 1 N–H and O–H groups in total. The van der Waals surface area contributed by atoms with Crippen molar-refractivity contribution >= 4 is 27.6 Å². The minimum atomic E-state index is -5.98. The van der Waals surface area contributed by atoms with Gasteiger partial charge in [0.25, 0.3) is 0 Å². The SMILES string of the molecule is O=C(CBr)C1(NC(=O)C(F)(F)C(F)(F)F)CCCC1. The number of ketones is 1. The molecular weight excluding hydrogens is 341 g/mol. The Bertz CT molecular complexity index is 377. The smallest absolute Gasteiger partial charge is 0.338 e. The van der Waals surface area contributed by atoms with Crippen LogP contribution in [0.3, 0.4) is 0 Å². The zero-order valence-electron chi connectivity index (χ0n) is 9.62. The molecule has 3 nitrogen and oxygen atoms in total. The van der Waals surface area contributed by atoms with E-state index >= 15 is 0 Å². The molecule has 1 fully saturated rings. The lowest BCUT2D eigenvalue weighted by Gasteiger charge is -2.30. The summed E-state index contributed by atoms with van der Waals surface area (Å²) in [4.78, 5) is 22.8. The zero-order chi connectivity index (χ0) is 14.9. The van der Waals surface area contributed by atoms with Crippen molar-refractivity contribution < 1.29 is 31.5 Å². The molecule has 0 aromatic rings. The Balaban J connectivity index is 2.93. The fourth-order valence-electron chi connectivity index (χ4n) is 2.00. The number of Topliss-reactive ketones (excluding diaryl/α,β-unsaturated/α-hetero) is 1. The molecule has 0 aromatic carbocycles. The Morgan fingerprint density at radius 2 is 1.58 bits per heavy atom. The molecule has 1 saturated carbocycles. The second-order valence-corrected chi connectivity index (χ2v) is 4.93. The summed E-state index contributed by atoms with van der Waals surface area (Å²) in [6.07, 6.45) is -4.88. The second kappa shape index (κ2) is 5.34. The molecule has 0 spiro atoms. The molecule has 9 heteroatoms. The van der Waals surface area contributed by atoms with Crippen molar-refractivity contribution in [1.29, 1.82) is 0 Å². The third-order valence-electron chi connectivity index (χ3n) is 3.11. The van der Waals surface area contributed by atoms with Crippen LogP contribution < -0.4 is 5.32 Å². The van der Waals surface area contributed by atoms with Crippen LogP contribution >= 0.6 is 15.9 Å². The highest BCUT2D eigenvalue weighted by Gasteiger charge is 2.64. The molecule has 0 bridgehead atoms. The number of rotatable bonds is 4. The van der Waals surface area contributed by atoms with Gasteiger partial charge >= 0.3 is 18.0 Å². The van der Waals surface area contributed by atoms with E-state index in [0.29, 0.717) is 12.8 Å². The van der Waals surface area contributed by atoms with Crippen molar-refractivity contribution in [3.63, 3.8) is 0 Å². The van der Waals surface area contributed by atoms with E-state index in [1.807, 2.05) is 0 Å². The van der Waals surface area contributed by atoms with Gasteiger partial charge in [-0.1, -0.05) is 28.8 Å². The molecule has 0 aliphatic heterocycles. The van der Waals surface area contributed by atoms with Gasteiger partial charge in [0, 0.05) is 0 Å². The number of carbonyl (C=O) groups excluding carboxylic acids is 2. The van der Waals surface area contributed by atoms with Crippen LogP contribution in [0.5, 0.6) is 0 Å². The van der Waals surface area contributed by atoms with Crippen molar-refractivity contribution in [2.75, 3.05) is 5.33 Å². The lowest BCUT2D eigenvalue weighted by atomic mass is 9.92. The molecule has 1 rings (SSSR count). The monoisotopic (exact) mass is 351 g/mol. The first kappa shape index (κ1) is 16.3. The summed E-state index contributed by atoms with van der Waals surface area (Å²) in [5.74, 6) is -8.58. The number of alkyl halides is 6. The minimum Gasteiger partial charge on any atom is -0.338 e. The topological polar surface area (TPSA) is 46.2 Å². The van der Waals surface area contributed by atoms with Crippen molar-refractivity contribution in [2.45, 2.75) is 43.3 Å². The number of halogens is 6. The Labute approximate surface area is 114 Å². The summed E-state index contributed by atoms with van der Waals surface area (Å²) in [7, 11) is 0. The predicted octanol–water partition coefficient (Wildman–Crippen LogP) is 2.58. The molecule has 110 valence electrons. The van der Waals surface area contributed by atoms with Gasteiger partial charge in [0.2, 0.25) is 0 Å². The normalized spacial score (nSPS) is 19.3. The maximum Gasteiger partial charge on any atom is 0.463 e. The summed E-state index contributed by atoms with van der Waals surface area (Å²) in [6.45, 7) is 0. The van der Waals surface area contributed by atoms with Gasteiger partial charge in [-0.05, 0) is 12.8 Å². The number of hydrogen-bond acceptors (Lipinski definition) is 2. The quantitative estimate of drug-likeness (QED) is 0.625. The van der Waals surface area contributed by atoms with E-state index < -0.39 is 29.3 Å². The average molecular weight is 352 g/mol. The highest BCUT2D eigenvalue weighted by Crippen LogP contribution is 2.38. The molecule has 19 heavy (non-hydrogen) atoms. The lowest BCUT2D eigenvalue weighted by Crippen LogP contribution is -2.60. The molecular formula is C10H11BrF5NO2. The van der Waals surface area contributed by atoms with Gasteiger partial charge in [-0.2, -0.15) is 22.0 Å². The van der Waals surface area contributed by atoms with E-state index in [0.717, 1.165) is 0 Å². The van der Waals surface area contributed by atoms with E-state index in [1.54, 1.807) is 5.32 Å². The molecule has 0 unspecified atom stereocenters. The van der Waals surface area contributed by atoms with E-state index in [1.165, 1.54) is 0 Å². The Morgan fingerprint density at radius 1 is 1.11 bits per heavy atom. The Kier molecular flexibility index (Phi) is 4.58. The largest absolute Gasteiger partial charge is 0.463 e. The van der Waals surface area contributed by atoms with Gasteiger partial charge in [-0.15, -0.1) is 0 Å². The van der Waals surface area contributed by atoms with Crippen molar-refractivity contribution in [2.24, 2.45) is 0 Å². The fraction of sp³-hybridized carbons (Fsp3) is 0.800. The second-order valence-electron chi connectivity index (χ2n) is 4.37. The highest BCUT2D eigenvalue weighted by atomic mass is 79.9. The van der Waals surface area contributed by atoms with Crippen LogP contribution in [-0.4, -0.2) is 34.7 Å². The number of hydrogen-bond donors (Lipinski definition) is 1. The Hall–Kier alpha value is -0.730. The van der Waals surface area contributed by atoms with Gasteiger partial charge < -0.3 is 5.32 Å². The van der Waals surface area contributed by atoms with Crippen molar-refractivity contribution in [3.05, 3.63) is 0 Å². The third-order valence-corrected chi connectivity index (χ3v) is 3.62. The first-order valence-corrected chi connectivity index (χ1v) is 6.55. The van der Waals surface area contributed by atoms with Crippen LogP contribution in [0.1, 0.15) is 25.7 Å². The molecule has 1 aliphatic carbocycles. The van der Waals surface area contributed by atoms with Crippen LogP contribution in [-0.2, 0) is 9.59 Å². The van der Waals surface area contributed by atoms with Gasteiger partial charge in [0.1, 0.15) is 0 Å². The lowest BCUT2D eigenvalue weighted by molar-refractivity contribution is -0.270. The molecule has 0 aromatic heterocycles.